The molecule has 0 aliphatic heterocycles. The van der Waals surface area contributed by atoms with Gasteiger partial charge >= 0.3 is 6.09 Å². The third-order valence-corrected chi connectivity index (χ3v) is 4.22. The smallest absolute Gasteiger partial charge is 0.414 e. The summed E-state index contributed by atoms with van der Waals surface area (Å²) in [6, 6.07) is 9.67. The lowest BCUT2D eigenvalue weighted by molar-refractivity contribution is 0.0589. The normalized spacial score (nSPS) is 11.9. The van der Waals surface area contributed by atoms with Gasteiger partial charge in [0.05, 0.1) is 23.3 Å². The van der Waals surface area contributed by atoms with Crippen molar-refractivity contribution in [2.75, 3.05) is 11.9 Å². The van der Waals surface area contributed by atoms with E-state index in [-0.39, 0.29) is 0 Å². The Morgan fingerprint density at radius 1 is 1.19 bits per heavy atom. The van der Waals surface area contributed by atoms with E-state index in [1.165, 1.54) is 4.90 Å². The molecule has 0 saturated heterocycles. The zero-order valence-corrected chi connectivity index (χ0v) is 15.7. The van der Waals surface area contributed by atoms with Crippen LogP contribution in [0.5, 0.6) is 0 Å². The molecule has 0 aliphatic carbocycles. The predicted molar refractivity (Wildman–Crippen MR) is 105 cm³/mol. The molecule has 27 heavy (non-hydrogen) atoms. The fourth-order valence-corrected chi connectivity index (χ4v) is 2.87. The number of carbonyl (C=O) groups excluding carboxylic acids is 1. The van der Waals surface area contributed by atoms with Gasteiger partial charge in [0.1, 0.15) is 16.9 Å². The lowest BCUT2D eigenvalue weighted by Gasteiger charge is -2.24. The van der Waals surface area contributed by atoms with E-state index in [1.54, 1.807) is 13.2 Å². The number of pyridine rings is 2. The van der Waals surface area contributed by atoms with Crippen molar-refractivity contribution in [1.82, 2.24) is 19.4 Å². The molecule has 7 heteroatoms. The Morgan fingerprint density at radius 3 is 2.78 bits per heavy atom. The number of aromatic nitrogens is 4. The second-order valence-electron chi connectivity index (χ2n) is 7.41. The fraction of sp³-hybridized carbons (Fsp3) is 0.250. The van der Waals surface area contributed by atoms with Crippen LogP contribution in [0.15, 0.2) is 48.9 Å². The Bertz CT molecular complexity index is 1140. The number of carbonyl (C=O) groups is 1. The molecule has 0 atom stereocenters. The van der Waals surface area contributed by atoms with E-state index in [9.17, 15) is 4.79 Å². The number of fused-ring (bicyclic) bond motifs is 2. The molecule has 4 aromatic rings. The first-order valence-electron chi connectivity index (χ1n) is 8.70. The first kappa shape index (κ1) is 17.1. The minimum absolute atomic E-state index is 0.408. The molecule has 0 radical (unpaired) electrons. The largest absolute Gasteiger partial charge is 0.443 e. The van der Waals surface area contributed by atoms with Gasteiger partial charge in [-0.3, -0.25) is 9.30 Å². The minimum Gasteiger partial charge on any atom is -0.443 e. The van der Waals surface area contributed by atoms with E-state index < -0.39 is 11.7 Å². The number of rotatable bonds is 2. The molecular weight excluding hydrogens is 342 g/mol. The monoisotopic (exact) mass is 363 g/mol. The quantitative estimate of drug-likeness (QED) is 0.578. The Balaban J connectivity index is 1.73. The molecule has 0 aliphatic rings. The van der Waals surface area contributed by atoms with Crippen molar-refractivity contribution < 1.29 is 9.53 Å². The topological polar surface area (TPSA) is 75.5 Å². The van der Waals surface area contributed by atoms with Crippen molar-refractivity contribution in [3.63, 3.8) is 0 Å². The molecular formula is C20H21N5O2. The van der Waals surface area contributed by atoms with E-state index in [1.807, 2.05) is 67.9 Å². The molecule has 0 aromatic carbocycles. The van der Waals surface area contributed by atoms with Crippen LogP contribution in [-0.4, -0.2) is 38.1 Å². The van der Waals surface area contributed by atoms with Gasteiger partial charge in [-0.1, -0.05) is 0 Å². The number of imidazole rings is 1. The summed E-state index contributed by atoms with van der Waals surface area (Å²) in [7, 11) is 1.69. The van der Waals surface area contributed by atoms with Gasteiger partial charge in [-0.2, -0.15) is 0 Å². The molecule has 0 bridgehead atoms. The number of amides is 1. The summed E-state index contributed by atoms with van der Waals surface area (Å²) in [5.41, 5.74) is 3.40. The Labute approximate surface area is 156 Å². The van der Waals surface area contributed by atoms with E-state index in [0.29, 0.717) is 5.69 Å². The summed E-state index contributed by atoms with van der Waals surface area (Å²) < 4.78 is 7.37. The summed E-state index contributed by atoms with van der Waals surface area (Å²) in [4.78, 5) is 26.1. The molecule has 7 nitrogen and oxygen atoms in total. The number of hydrogen-bond donors (Lipinski definition) is 1. The third-order valence-electron chi connectivity index (χ3n) is 4.22. The molecule has 4 rings (SSSR count). The number of ether oxygens (including phenoxy) is 1. The molecule has 1 N–H and O–H groups in total. The SMILES string of the molecule is CN(C(=O)OC(C)(C)C)c1ccc2ncc(-c3ccc4cc[nH]c4n3)n2c1. The van der Waals surface area contributed by atoms with Crippen LogP contribution in [-0.2, 0) is 4.74 Å². The van der Waals surface area contributed by atoms with E-state index >= 15 is 0 Å². The summed E-state index contributed by atoms with van der Waals surface area (Å²) >= 11 is 0. The van der Waals surface area contributed by atoms with Crippen molar-refractivity contribution >= 4 is 28.5 Å². The zero-order valence-electron chi connectivity index (χ0n) is 15.7. The Hall–Kier alpha value is -3.35. The van der Waals surface area contributed by atoms with Gasteiger partial charge in [0.2, 0.25) is 0 Å². The number of hydrogen-bond acceptors (Lipinski definition) is 4. The van der Waals surface area contributed by atoms with Crippen LogP contribution >= 0.6 is 0 Å². The number of nitrogens with zero attached hydrogens (tertiary/aromatic N) is 4. The first-order chi connectivity index (χ1) is 12.8. The van der Waals surface area contributed by atoms with Gasteiger partial charge < -0.3 is 9.72 Å². The average molecular weight is 363 g/mol. The van der Waals surface area contributed by atoms with Gasteiger partial charge in [-0.05, 0) is 51.1 Å². The van der Waals surface area contributed by atoms with Crippen LogP contribution in [0.4, 0.5) is 10.5 Å². The fourth-order valence-electron chi connectivity index (χ4n) is 2.87. The molecule has 0 unspecified atom stereocenters. The molecule has 1 amide bonds. The highest BCUT2D eigenvalue weighted by Gasteiger charge is 2.21. The lowest BCUT2D eigenvalue weighted by Crippen LogP contribution is -2.34. The van der Waals surface area contributed by atoms with Gasteiger partial charge in [-0.15, -0.1) is 0 Å². The summed E-state index contributed by atoms with van der Waals surface area (Å²) in [6.07, 6.45) is 5.10. The van der Waals surface area contributed by atoms with Gasteiger partial charge in [0, 0.05) is 24.8 Å². The molecule has 138 valence electrons. The van der Waals surface area contributed by atoms with Crippen molar-refractivity contribution in [2.24, 2.45) is 0 Å². The highest BCUT2D eigenvalue weighted by molar-refractivity contribution is 5.87. The molecule has 4 heterocycles. The van der Waals surface area contributed by atoms with Crippen LogP contribution in [0.3, 0.4) is 0 Å². The van der Waals surface area contributed by atoms with Crippen molar-refractivity contribution in [2.45, 2.75) is 26.4 Å². The predicted octanol–water partition coefficient (Wildman–Crippen LogP) is 4.25. The molecule has 4 aromatic heterocycles. The Kier molecular flexibility index (Phi) is 3.87. The van der Waals surface area contributed by atoms with Crippen LogP contribution in [0.25, 0.3) is 28.1 Å². The van der Waals surface area contributed by atoms with Crippen molar-refractivity contribution in [1.29, 1.82) is 0 Å². The number of nitrogens with one attached hydrogen (secondary N) is 1. The van der Waals surface area contributed by atoms with Crippen LogP contribution in [0.2, 0.25) is 0 Å². The third kappa shape index (κ3) is 3.23. The van der Waals surface area contributed by atoms with E-state index in [2.05, 4.69) is 15.0 Å². The summed E-state index contributed by atoms with van der Waals surface area (Å²) in [6.45, 7) is 5.54. The maximum Gasteiger partial charge on any atom is 0.414 e. The highest BCUT2D eigenvalue weighted by atomic mass is 16.6. The maximum atomic E-state index is 12.4. The minimum atomic E-state index is -0.551. The van der Waals surface area contributed by atoms with E-state index in [4.69, 9.17) is 4.74 Å². The lowest BCUT2D eigenvalue weighted by atomic mass is 10.2. The standard InChI is InChI=1S/C20H21N5O2/c1-20(2,3)27-19(26)24(4)14-6-8-17-22-11-16(25(17)12-14)15-7-5-13-9-10-21-18(13)23-15/h5-12H,1-4H3,(H,21,23). The maximum absolute atomic E-state index is 12.4. The zero-order chi connectivity index (χ0) is 19.2. The molecule has 0 saturated carbocycles. The summed E-state index contributed by atoms with van der Waals surface area (Å²) in [5, 5.41) is 1.05. The first-order valence-corrected chi connectivity index (χ1v) is 8.70. The van der Waals surface area contributed by atoms with Crippen molar-refractivity contribution in [3.05, 3.63) is 48.9 Å². The van der Waals surface area contributed by atoms with Crippen LogP contribution in [0, 0.1) is 0 Å². The number of anilines is 1. The van der Waals surface area contributed by atoms with Crippen molar-refractivity contribution in [3.8, 4) is 11.4 Å². The summed E-state index contributed by atoms with van der Waals surface area (Å²) in [5.74, 6) is 0. The second kappa shape index (κ2) is 6.12. The Morgan fingerprint density at radius 2 is 2.00 bits per heavy atom. The average Bonchev–Trinajstić information content (AvgIpc) is 3.24. The second-order valence-corrected chi connectivity index (χ2v) is 7.41. The van der Waals surface area contributed by atoms with Gasteiger partial charge in [-0.25, -0.2) is 14.8 Å². The van der Waals surface area contributed by atoms with Gasteiger partial charge in [0.25, 0.3) is 0 Å². The highest BCUT2D eigenvalue weighted by Crippen LogP contribution is 2.24. The van der Waals surface area contributed by atoms with E-state index in [0.717, 1.165) is 28.1 Å². The molecule has 0 spiro atoms. The van der Waals surface area contributed by atoms with Gasteiger partial charge in [0.15, 0.2) is 0 Å². The molecule has 0 fully saturated rings. The van der Waals surface area contributed by atoms with Crippen LogP contribution < -0.4 is 4.90 Å². The number of aromatic amines is 1. The number of H-pyrrole nitrogens is 1. The van der Waals surface area contributed by atoms with Crippen LogP contribution in [0.1, 0.15) is 20.8 Å².